The Morgan fingerprint density at radius 3 is 2.77 bits per heavy atom. The molecule has 0 radical (unpaired) electrons. The molecule has 2 aliphatic rings. The maximum absolute atomic E-state index is 12.0. The normalized spacial score (nSPS) is 14.3. The molecule has 0 heterocycles. The summed E-state index contributed by atoms with van der Waals surface area (Å²) in [5.41, 5.74) is 2.62. The highest BCUT2D eigenvalue weighted by molar-refractivity contribution is 5.96. The van der Waals surface area contributed by atoms with Crippen molar-refractivity contribution in [3.05, 3.63) is 63.7 Å². The number of rotatable bonds is 6. The van der Waals surface area contributed by atoms with E-state index in [1.54, 1.807) is 0 Å². The minimum atomic E-state index is -0.119. The molecule has 2 aromatic carbocycles. The van der Waals surface area contributed by atoms with Crippen LogP contribution in [0.4, 0.5) is 0 Å². The quantitative estimate of drug-likeness (QED) is 0.574. The Bertz CT molecular complexity index is 1040. The Kier molecular flexibility index (Phi) is 4.75. The lowest BCUT2D eigenvalue weighted by molar-refractivity contribution is -0.138. The second kappa shape index (κ2) is 7.33. The van der Waals surface area contributed by atoms with Crippen LogP contribution in [0.15, 0.2) is 42.2 Å². The summed E-state index contributed by atoms with van der Waals surface area (Å²) in [6.07, 6.45) is 16.1. The van der Waals surface area contributed by atoms with Crippen LogP contribution in [-0.2, 0) is 16.0 Å². The summed E-state index contributed by atoms with van der Waals surface area (Å²) in [5, 5.41) is 5.02. The lowest BCUT2D eigenvalue weighted by atomic mass is 9.94. The predicted molar refractivity (Wildman–Crippen MR) is 108 cm³/mol. The summed E-state index contributed by atoms with van der Waals surface area (Å²) in [4.78, 5) is 12.0. The van der Waals surface area contributed by atoms with E-state index < -0.39 is 0 Å². The standard InChI is InChI=1S/C24H24O2/c1-2-3-4-5-9-24(25)26-19-12-15-21-18(16-19)11-14-22-20-8-6-7-17(20)10-13-23(21)22/h6-8,10-14,16H,2-5,9,15H2,1H3. The minimum Gasteiger partial charge on any atom is -0.427 e. The average Bonchev–Trinajstić information content (AvgIpc) is 3.14. The molecule has 2 aliphatic carbocycles. The predicted octanol–water partition coefficient (Wildman–Crippen LogP) is 4.38. The van der Waals surface area contributed by atoms with E-state index in [0.717, 1.165) is 24.5 Å². The lowest BCUT2D eigenvalue weighted by Gasteiger charge is -2.14. The number of ether oxygens (including phenoxy) is 1. The Morgan fingerprint density at radius 2 is 1.88 bits per heavy atom. The van der Waals surface area contributed by atoms with Crippen molar-refractivity contribution in [3.8, 4) is 0 Å². The van der Waals surface area contributed by atoms with Crippen LogP contribution in [0.2, 0.25) is 0 Å². The third kappa shape index (κ3) is 3.24. The molecule has 0 saturated heterocycles. The fourth-order valence-corrected chi connectivity index (χ4v) is 3.83. The van der Waals surface area contributed by atoms with Crippen molar-refractivity contribution in [2.24, 2.45) is 0 Å². The minimum absolute atomic E-state index is 0.119. The van der Waals surface area contributed by atoms with Crippen molar-refractivity contribution < 1.29 is 9.53 Å². The van der Waals surface area contributed by atoms with Gasteiger partial charge in [0, 0.05) is 6.42 Å². The molecule has 0 saturated carbocycles. The van der Waals surface area contributed by atoms with Gasteiger partial charge in [-0.3, -0.25) is 4.79 Å². The van der Waals surface area contributed by atoms with Gasteiger partial charge >= 0.3 is 5.97 Å². The largest absolute Gasteiger partial charge is 0.427 e. The van der Waals surface area contributed by atoms with Gasteiger partial charge in [0.1, 0.15) is 5.76 Å². The summed E-state index contributed by atoms with van der Waals surface area (Å²) < 4.78 is 5.56. The van der Waals surface area contributed by atoms with Crippen molar-refractivity contribution in [1.29, 1.82) is 0 Å². The zero-order valence-electron chi connectivity index (χ0n) is 15.3. The molecule has 132 valence electrons. The molecular weight excluding hydrogens is 320 g/mol. The molecule has 0 spiro atoms. The van der Waals surface area contributed by atoms with Crippen LogP contribution in [0.1, 0.15) is 50.2 Å². The first kappa shape index (κ1) is 16.8. The fraction of sp³-hybridized carbons (Fsp3) is 0.292. The summed E-state index contributed by atoms with van der Waals surface area (Å²) in [6, 6.07) is 8.73. The molecule has 26 heavy (non-hydrogen) atoms. The maximum atomic E-state index is 12.0. The highest BCUT2D eigenvalue weighted by Crippen LogP contribution is 2.23. The van der Waals surface area contributed by atoms with Gasteiger partial charge in [-0.05, 0) is 57.3 Å². The van der Waals surface area contributed by atoms with E-state index in [0.29, 0.717) is 12.2 Å². The highest BCUT2D eigenvalue weighted by atomic mass is 16.5. The number of hydrogen-bond donors (Lipinski definition) is 0. The molecule has 2 heteroatoms. The Labute approximate surface area is 154 Å². The third-order valence-electron chi connectivity index (χ3n) is 5.23. The zero-order valence-corrected chi connectivity index (χ0v) is 15.3. The van der Waals surface area contributed by atoms with Crippen LogP contribution >= 0.6 is 0 Å². The van der Waals surface area contributed by atoms with Crippen LogP contribution in [0.3, 0.4) is 0 Å². The number of fused-ring (bicyclic) bond motifs is 5. The number of hydrogen-bond acceptors (Lipinski definition) is 2. The molecule has 0 amide bonds. The van der Waals surface area contributed by atoms with Crippen molar-refractivity contribution >= 4 is 35.0 Å². The van der Waals surface area contributed by atoms with E-state index in [-0.39, 0.29) is 5.97 Å². The molecule has 0 N–H and O–H groups in total. The van der Waals surface area contributed by atoms with E-state index in [2.05, 4.69) is 49.4 Å². The van der Waals surface area contributed by atoms with Gasteiger partial charge in [0.25, 0.3) is 0 Å². The molecule has 0 unspecified atom stereocenters. The van der Waals surface area contributed by atoms with Crippen molar-refractivity contribution in [2.45, 2.75) is 45.4 Å². The average molecular weight is 344 g/mol. The van der Waals surface area contributed by atoms with Crippen LogP contribution < -0.4 is 10.4 Å². The van der Waals surface area contributed by atoms with E-state index >= 15 is 0 Å². The van der Waals surface area contributed by atoms with E-state index in [1.165, 1.54) is 40.0 Å². The first-order valence-electron chi connectivity index (χ1n) is 9.62. The molecule has 4 rings (SSSR count). The summed E-state index contributed by atoms with van der Waals surface area (Å²) in [6.45, 7) is 2.17. The zero-order chi connectivity index (χ0) is 17.9. The molecule has 2 nitrogen and oxygen atoms in total. The van der Waals surface area contributed by atoms with Crippen LogP contribution in [0, 0.1) is 0 Å². The Hall–Kier alpha value is -2.61. The van der Waals surface area contributed by atoms with Gasteiger partial charge in [-0.1, -0.05) is 68.7 Å². The molecule has 0 aliphatic heterocycles. The number of carbonyl (C=O) groups is 1. The van der Waals surface area contributed by atoms with Gasteiger partial charge in [-0.2, -0.15) is 0 Å². The molecule has 0 bridgehead atoms. The van der Waals surface area contributed by atoms with Gasteiger partial charge in [0.05, 0.1) is 0 Å². The van der Waals surface area contributed by atoms with Crippen molar-refractivity contribution in [1.82, 2.24) is 0 Å². The van der Waals surface area contributed by atoms with Crippen molar-refractivity contribution in [2.75, 3.05) is 0 Å². The van der Waals surface area contributed by atoms with E-state index in [1.807, 2.05) is 12.2 Å². The van der Waals surface area contributed by atoms with Crippen molar-refractivity contribution in [3.63, 3.8) is 0 Å². The third-order valence-corrected chi connectivity index (χ3v) is 5.23. The fourth-order valence-electron chi connectivity index (χ4n) is 3.83. The van der Waals surface area contributed by atoms with Gasteiger partial charge in [0.15, 0.2) is 0 Å². The number of allylic oxidation sites excluding steroid dienone is 3. The molecular formula is C24H24O2. The van der Waals surface area contributed by atoms with Gasteiger partial charge in [0.2, 0.25) is 0 Å². The second-order valence-corrected chi connectivity index (χ2v) is 7.06. The second-order valence-electron chi connectivity index (χ2n) is 7.06. The smallest absolute Gasteiger partial charge is 0.311 e. The van der Waals surface area contributed by atoms with Gasteiger partial charge < -0.3 is 4.74 Å². The molecule has 0 fully saturated rings. The number of esters is 1. The summed E-state index contributed by atoms with van der Waals surface area (Å²) >= 11 is 0. The van der Waals surface area contributed by atoms with E-state index in [4.69, 9.17) is 4.74 Å². The lowest BCUT2D eigenvalue weighted by Crippen LogP contribution is -2.16. The van der Waals surface area contributed by atoms with Gasteiger partial charge in [-0.25, -0.2) is 0 Å². The topological polar surface area (TPSA) is 26.3 Å². The Morgan fingerprint density at radius 1 is 1.04 bits per heavy atom. The number of benzene rings is 2. The van der Waals surface area contributed by atoms with Crippen LogP contribution in [0.25, 0.3) is 29.0 Å². The van der Waals surface area contributed by atoms with E-state index in [9.17, 15) is 4.79 Å². The monoisotopic (exact) mass is 344 g/mol. The Balaban J connectivity index is 1.55. The summed E-state index contributed by atoms with van der Waals surface area (Å²) in [5.74, 6) is 0.568. The molecule has 0 atom stereocenters. The summed E-state index contributed by atoms with van der Waals surface area (Å²) in [7, 11) is 0. The first-order valence-corrected chi connectivity index (χ1v) is 9.62. The number of carbonyl (C=O) groups excluding carboxylic acids is 1. The SMILES string of the molecule is CCCCCCC(=O)OC1=CCc2c(ccc3c4c(ccc23)=CC=C4)=C1. The van der Waals surface area contributed by atoms with Crippen LogP contribution in [0.5, 0.6) is 0 Å². The highest BCUT2D eigenvalue weighted by Gasteiger charge is 2.13. The molecule has 0 aromatic heterocycles. The van der Waals surface area contributed by atoms with Crippen LogP contribution in [-0.4, -0.2) is 5.97 Å². The maximum Gasteiger partial charge on any atom is 0.311 e. The first-order chi connectivity index (χ1) is 12.8. The molecule has 2 aromatic rings. The number of unbranched alkanes of at least 4 members (excludes halogenated alkanes) is 3. The van der Waals surface area contributed by atoms with Gasteiger partial charge in [-0.15, -0.1) is 0 Å².